The first-order chi connectivity index (χ1) is 27.4. The van der Waals surface area contributed by atoms with Crippen LogP contribution >= 0.6 is 11.6 Å². The van der Waals surface area contributed by atoms with Crippen LogP contribution in [0.3, 0.4) is 0 Å². The Labute approximate surface area is 333 Å². The number of carbonyl (C=O) groups excluding carboxylic acids is 5. The van der Waals surface area contributed by atoms with Crippen molar-refractivity contribution >= 4 is 64.0 Å². The van der Waals surface area contributed by atoms with Gasteiger partial charge in [-0.3, -0.25) is 44.0 Å². The zero-order chi connectivity index (χ0) is 39.7. The number of halogens is 1. The fourth-order valence-electron chi connectivity index (χ4n) is 8.63. The quantitative estimate of drug-likeness (QED) is 0.266. The first-order valence-electron chi connectivity index (χ1n) is 19.0. The standard InChI is InChI=1S/C42H38ClN9O5/c1-42(2)31-15-25(3-7-34(31)51(41(42)57)28-17-32(43)33(18-44)45-20-28)26-4-9-36(46-19-26)50-22-24(23-50)21-48-11-13-49(14-12-48)27-5-6-29-30(16-27)40(56)52(39(29)55)35-8-10-37(53)47-38(35)54/h3-7,9,15-17,19-20,24,35H,8,10-14,21-23H2,1-2H3,(H,47,53,54). The molecule has 288 valence electrons. The summed E-state index contributed by atoms with van der Waals surface area (Å²) in [5, 5.41) is 11.7. The van der Waals surface area contributed by atoms with E-state index in [9.17, 15) is 29.2 Å². The highest BCUT2D eigenvalue weighted by molar-refractivity contribution is 6.32. The van der Waals surface area contributed by atoms with Gasteiger partial charge in [0, 0.05) is 75.6 Å². The van der Waals surface area contributed by atoms with Gasteiger partial charge in [-0.15, -0.1) is 0 Å². The molecule has 0 saturated carbocycles. The van der Waals surface area contributed by atoms with E-state index in [0.29, 0.717) is 17.2 Å². The fraction of sp³-hybridized carbons (Fsp3) is 0.333. The Bertz CT molecular complexity index is 2430. The molecule has 3 saturated heterocycles. The van der Waals surface area contributed by atoms with Gasteiger partial charge in [0.15, 0.2) is 5.69 Å². The Morgan fingerprint density at radius 2 is 1.60 bits per heavy atom. The van der Waals surface area contributed by atoms with Crippen LogP contribution in [0, 0.1) is 17.2 Å². The number of piperazine rings is 1. The fourth-order valence-corrected chi connectivity index (χ4v) is 8.83. The number of hydrogen-bond donors (Lipinski definition) is 1. The van der Waals surface area contributed by atoms with Gasteiger partial charge in [0.05, 0.1) is 39.1 Å². The van der Waals surface area contributed by atoms with Crippen LogP contribution in [0.2, 0.25) is 5.02 Å². The predicted octanol–water partition coefficient (Wildman–Crippen LogP) is 4.28. The van der Waals surface area contributed by atoms with Crippen LogP contribution in [0.25, 0.3) is 11.1 Å². The molecule has 5 aliphatic rings. The van der Waals surface area contributed by atoms with Crippen molar-refractivity contribution in [1.82, 2.24) is 25.1 Å². The number of carbonyl (C=O) groups is 5. The molecule has 0 bridgehead atoms. The SMILES string of the molecule is CC1(C)C(=O)N(c2cnc(C#N)c(Cl)c2)c2ccc(-c3ccc(N4CC(CN5CCN(c6ccc7c(c6)C(=O)N(C6CCC(=O)NC6=O)C7=O)CC5)C4)nc3)cc21. The summed E-state index contributed by atoms with van der Waals surface area (Å²) in [6.45, 7) is 9.92. The molecule has 2 aromatic heterocycles. The van der Waals surface area contributed by atoms with Gasteiger partial charge < -0.3 is 9.80 Å². The molecule has 15 heteroatoms. The maximum Gasteiger partial charge on any atom is 0.262 e. The zero-order valence-corrected chi connectivity index (χ0v) is 32.1. The lowest BCUT2D eigenvalue weighted by molar-refractivity contribution is -0.136. The van der Waals surface area contributed by atoms with E-state index in [1.807, 2.05) is 56.4 Å². The smallest absolute Gasteiger partial charge is 0.262 e. The monoisotopic (exact) mass is 783 g/mol. The minimum Gasteiger partial charge on any atom is -0.369 e. The molecule has 14 nitrogen and oxygen atoms in total. The van der Waals surface area contributed by atoms with Crippen LogP contribution in [-0.4, -0.2) is 101 Å². The lowest BCUT2D eigenvalue weighted by atomic mass is 9.85. The summed E-state index contributed by atoms with van der Waals surface area (Å²) in [4.78, 5) is 82.6. The average molecular weight is 784 g/mol. The van der Waals surface area contributed by atoms with Crippen molar-refractivity contribution < 1.29 is 24.0 Å². The first-order valence-corrected chi connectivity index (χ1v) is 19.4. The van der Waals surface area contributed by atoms with Crippen LogP contribution in [0.15, 0.2) is 67.0 Å². The molecule has 57 heavy (non-hydrogen) atoms. The van der Waals surface area contributed by atoms with Crippen molar-refractivity contribution in [3.05, 3.63) is 94.4 Å². The third-order valence-corrected chi connectivity index (χ3v) is 12.2. The van der Waals surface area contributed by atoms with E-state index in [1.165, 1.54) is 6.20 Å². The summed E-state index contributed by atoms with van der Waals surface area (Å²) >= 11 is 6.26. The summed E-state index contributed by atoms with van der Waals surface area (Å²) in [7, 11) is 0. The third-order valence-electron chi connectivity index (χ3n) is 11.9. The van der Waals surface area contributed by atoms with Crippen LogP contribution in [0.4, 0.5) is 22.9 Å². The molecule has 0 aliphatic carbocycles. The highest BCUT2D eigenvalue weighted by Crippen LogP contribution is 2.47. The number of aromatic nitrogens is 2. The second-order valence-electron chi connectivity index (χ2n) is 15.8. The highest BCUT2D eigenvalue weighted by atomic mass is 35.5. The molecule has 1 unspecified atom stereocenters. The molecule has 1 N–H and O–H groups in total. The Balaban J connectivity index is 0.787. The maximum absolute atomic E-state index is 13.6. The predicted molar refractivity (Wildman–Crippen MR) is 211 cm³/mol. The highest BCUT2D eigenvalue weighted by Gasteiger charge is 2.46. The van der Waals surface area contributed by atoms with Gasteiger partial charge in [-0.1, -0.05) is 17.7 Å². The minimum absolute atomic E-state index is 0.0861. The van der Waals surface area contributed by atoms with Crippen molar-refractivity contribution in [2.45, 2.75) is 38.1 Å². The number of piperidine rings is 1. The molecule has 9 rings (SSSR count). The molecule has 3 fully saturated rings. The lowest BCUT2D eigenvalue weighted by Gasteiger charge is -2.44. The van der Waals surface area contributed by atoms with Crippen LogP contribution in [0.5, 0.6) is 0 Å². The van der Waals surface area contributed by atoms with Crippen molar-refractivity contribution in [3.63, 3.8) is 0 Å². The van der Waals surface area contributed by atoms with E-state index in [2.05, 4.69) is 31.1 Å². The first kappa shape index (κ1) is 36.5. The largest absolute Gasteiger partial charge is 0.369 e. The normalized spacial score (nSPS) is 20.7. The second-order valence-corrected chi connectivity index (χ2v) is 16.2. The average Bonchev–Trinajstić information content (AvgIpc) is 3.56. The molecular weight excluding hydrogens is 746 g/mol. The van der Waals surface area contributed by atoms with Crippen LogP contribution in [-0.2, 0) is 19.8 Å². The van der Waals surface area contributed by atoms with Gasteiger partial charge in [-0.2, -0.15) is 5.26 Å². The minimum atomic E-state index is -0.980. The Morgan fingerprint density at radius 1 is 0.842 bits per heavy atom. The van der Waals surface area contributed by atoms with E-state index in [-0.39, 0.29) is 35.0 Å². The van der Waals surface area contributed by atoms with Gasteiger partial charge in [0.2, 0.25) is 17.7 Å². The molecule has 0 radical (unpaired) electrons. The number of amides is 5. The summed E-state index contributed by atoms with van der Waals surface area (Å²) in [5.41, 5.74) is 4.85. The summed E-state index contributed by atoms with van der Waals surface area (Å²) in [5.74, 6) is -0.663. The summed E-state index contributed by atoms with van der Waals surface area (Å²) in [6.07, 6.45) is 3.60. The van der Waals surface area contributed by atoms with E-state index < -0.39 is 35.1 Å². The number of hydrogen-bond acceptors (Lipinski definition) is 11. The molecule has 5 amide bonds. The third kappa shape index (κ3) is 6.18. The topological polar surface area (TPSA) is 163 Å². The Kier molecular flexibility index (Phi) is 8.82. The number of nitrogens with zero attached hydrogens (tertiary/aromatic N) is 8. The summed E-state index contributed by atoms with van der Waals surface area (Å²) in [6, 6.07) is 17.9. The zero-order valence-electron chi connectivity index (χ0n) is 31.4. The number of nitriles is 1. The van der Waals surface area contributed by atoms with Crippen molar-refractivity contribution in [2.75, 3.05) is 60.5 Å². The van der Waals surface area contributed by atoms with E-state index in [4.69, 9.17) is 16.6 Å². The maximum atomic E-state index is 13.6. The second kappa shape index (κ2) is 13.8. The van der Waals surface area contributed by atoms with Crippen molar-refractivity contribution in [1.29, 1.82) is 5.26 Å². The van der Waals surface area contributed by atoms with E-state index >= 15 is 0 Å². The van der Waals surface area contributed by atoms with Gasteiger partial charge in [0.25, 0.3) is 11.8 Å². The van der Waals surface area contributed by atoms with E-state index in [0.717, 1.165) is 84.6 Å². The Hall–Kier alpha value is -6.17. The van der Waals surface area contributed by atoms with Gasteiger partial charge in [-0.25, -0.2) is 9.97 Å². The van der Waals surface area contributed by atoms with Crippen LogP contribution in [0.1, 0.15) is 58.7 Å². The van der Waals surface area contributed by atoms with Crippen molar-refractivity contribution in [2.24, 2.45) is 5.92 Å². The Morgan fingerprint density at radius 3 is 2.30 bits per heavy atom. The molecule has 0 spiro atoms. The number of benzene rings is 2. The lowest BCUT2D eigenvalue weighted by Crippen LogP contribution is -2.55. The van der Waals surface area contributed by atoms with E-state index in [1.54, 1.807) is 23.1 Å². The number of pyridine rings is 2. The molecule has 5 aliphatic heterocycles. The molecular formula is C42H38ClN9O5. The molecule has 4 aromatic rings. The van der Waals surface area contributed by atoms with Crippen LogP contribution < -0.4 is 20.0 Å². The number of imide groups is 2. The molecule has 2 aromatic carbocycles. The number of nitrogens with one attached hydrogen (secondary N) is 1. The molecule has 7 heterocycles. The molecule has 1 atom stereocenters. The number of rotatable bonds is 7. The van der Waals surface area contributed by atoms with Gasteiger partial charge in [0.1, 0.15) is 17.9 Å². The number of anilines is 4. The van der Waals surface area contributed by atoms with Crippen molar-refractivity contribution in [3.8, 4) is 17.2 Å². The van der Waals surface area contributed by atoms with Gasteiger partial charge in [-0.05, 0) is 79.9 Å². The van der Waals surface area contributed by atoms with Gasteiger partial charge >= 0.3 is 0 Å². The summed E-state index contributed by atoms with van der Waals surface area (Å²) < 4.78 is 0. The number of fused-ring (bicyclic) bond motifs is 2.